The molecule has 0 saturated heterocycles. The van der Waals surface area contributed by atoms with Crippen molar-refractivity contribution in [3.8, 4) is 0 Å². The molecular weight excluding hydrogens is 349 g/mol. The number of hydrogen-bond acceptors (Lipinski definition) is 2. The summed E-state index contributed by atoms with van der Waals surface area (Å²) in [5.74, 6) is 0.456. The highest BCUT2D eigenvalue weighted by Gasteiger charge is 2.27. The summed E-state index contributed by atoms with van der Waals surface area (Å²) < 4.78 is 27.2. The quantitative estimate of drug-likeness (QED) is 0.895. The number of hydrogen-bond donors (Lipinski definition) is 1. The van der Waals surface area contributed by atoms with Crippen molar-refractivity contribution in [3.63, 3.8) is 0 Å². The van der Waals surface area contributed by atoms with Crippen molar-refractivity contribution in [2.24, 2.45) is 5.92 Å². The number of halogens is 3. The molecule has 1 N–H and O–H groups in total. The zero-order valence-corrected chi connectivity index (χ0v) is 12.6. The Bertz CT molecular complexity index is 520. The molecule has 0 heterocycles. The van der Waals surface area contributed by atoms with Crippen LogP contribution in [-0.2, 0) is 10.0 Å². The maximum absolute atomic E-state index is 12.0. The van der Waals surface area contributed by atoms with Crippen molar-refractivity contribution in [1.29, 1.82) is 0 Å². The lowest BCUT2D eigenvalue weighted by atomic mass is 10.4. The van der Waals surface area contributed by atoms with Gasteiger partial charge in [0.05, 0.1) is 10.0 Å². The summed E-state index contributed by atoms with van der Waals surface area (Å²) >= 11 is 15.0. The van der Waals surface area contributed by atoms with Gasteiger partial charge in [0.2, 0.25) is 10.0 Å². The fraction of sp³-hybridized carbons (Fsp3) is 0.400. The van der Waals surface area contributed by atoms with Crippen molar-refractivity contribution < 1.29 is 8.42 Å². The lowest BCUT2D eigenvalue weighted by Crippen LogP contribution is -2.26. The zero-order chi connectivity index (χ0) is 12.6. The van der Waals surface area contributed by atoms with Gasteiger partial charge in [-0.2, -0.15) is 0 Å². The smallest absolute Gasteiger partial charge is 0.211 e. The van der Waals surface area contributed by atoms with Gasteiger partial charge >= 0.3 is 0 Å². The first-order chi connectivity index (χ1) is 7.90. The number of rotatable bonds is 4. The molecule has 1 aliphatic carbocycles. The minimum Gasteiger partial charge on any atom is -0.211 e. The van der Waals surface area contributed by atoms with Crippen molar-refractivity contribution in [2.45, 2.75) is 17.7 Å². The Balaban J connectivity index is 2.31. The van der Waals surface area contributed by atoms with Crippen LogP contribution in [0.25, 0.3) is 0 Å². The van der Waals surface area contributed by atoms with Gasteiger partial charge in [-0.05, 0) is 30.9 Å². The van der Waals surface area contributed by atoms with Crippen LogP contribution in [0.1, 0.15) is 12.8 Å². The molecule has 7 heteroatoms. The Morgan fingerprint density at radius 3 is 2.29 bits per heavy atom. The SMILES string of the molecule is O=S(=O)(NCC1CC1)c1c(Cl)cc(Br)cc1Cl. The van der Waals surface area contributed by atoms with E-state index in [2.05, 4.69) is 20.7 Å². The first kappa shape index (κ1) is 13.6. The minimum atomic E-state index is -3.63. The van der Waals surface area contributed by atoms with Crippen molar-refractivity contribution >= 4 is 49.2 Å². The van der Waals surface area contributed by atoms with Gasteiger partial charge < -0.3 is 0 Å². The fourth-order valence-corrected chi connectivity index (χ4v) is 4.46. The minimum absolute atomic E-state index is 0.0512. The third-order valence-corrected chi connectivity index (χ3v) is 5.29. The van der Waals surface area contributed by atoms with Gasteiger partial charge in [0.15, 0.2) is 0 Å². The summed E-state index contributed by atoms with van der Waals surface area (Å²) in [6.07, 6.45) is 2.15. The van der Waals surface area contributed by atoms with Crippen LogP contribution in [0.15, 0.2) is 21.5 Å². The number of sulfonamides is 1. The first-order valence-electron chi connectivity index (χ1n) is 5.04. The van der Waals surface area contributed by atoms with E-state index in [9.17, 15) is 8.42 Å². The van der Waals surface area contributed by atoms with Crippen LogP contribution in [0.4, 0.5) is 0 Å². The summed E-state index contributed by atoms with van der Waals surface area (Å²) in [6, 6.07) is 3.03. The van der Waals surface area contributed by atoms with Crippen LogP contribution in [0, 0.1) is 5.92 Å². The molecule has 0 bridgehead atoms. The molecule has 0 amide bonds. The molecule has 0 radical (unpaired) electrons. The molecule has 0 unspecified atom stereocenters. The highest BCUT2D eigenvalue weighted by molar-refractivity contribution is 9.10. The summed E-state index contributed by atoms with van der Waals surface area (Å²) in [4.78, 5) is -0.0512. The molecule has 0 aromatic heterocycles. The van der Waals surface area contributed by atoms with Crippen molar-refractivity contribution in [1.82, 2.24) is 4.72 Å². The highest BCUT2D eigenvalue weighted by atomic mass is 79.9. The summed E-state index contributed by atoms with van der Waals surface area (Å²) in [5.41, 5.74) is 0. The van der Waals surface area contributed by atoms with Gasteiger partial charge in [-0.25, -0.2) is 13.1 Å². The maximum Gasteiger partial charge on any atom is 0.243 e. The molecule has 1 aromatic rings. The molecule has 1 aliphatic rings. The van der Waals surface area contributed by atoms with Gasteiger partial charge in [-0.1, -0.05) is 39.1 Å². The van der Waals surface area contributed by atoms with Gasteiger partial charge in [0.1, 0.15) is 4.90 Å². The van der Waals surface area contributed by atoms with Crippen molar-refractivity contribution in [3.05, 3.63) is 26.7 Å². The molecule has 2 rings (SSSR count). The number of benzene rings is 1. The Morgan fingerprint density at radius 1 is 1.29 bits per heavy atom. The monoisotopic (exact) mass is 357 g/mol. The van der Waals surface area contributed by atoms with Crippen LogP contribution >= 0.6 is 39.1 Å². The third-order valence-electron chi connectivity index (χ3n) is 2.49. The van der Waals surface area contributed by atoms with E-state index in [0.717, 1.165) is 12.8 Å². The maximum atomic E-state index is 12.0. The van der Waals surface area contributed by atoms with E-state index < -0.39 is 10.0 Å². The molecule has 1 aromatic carbocycles. The standard InChI is InChI=1S/C10H10BrCl2NO2S/c11-7-3-8(12)10(9(13)4-7)17(15,16)14-5-6-1-2-6/h3-4,6,14H,1-2,5H2. The molecule has 17 heavy (non-hydrogen) atoms. The van der Waals surface area contributed by atoms with Gasteiger partial charge in [-0.15, -0.1) is 0 Å². The van der Waals surface area contributed by atoms with Crippen molar-refractivity contribution in [2.75, 3.05) is 6.54 Å². The average Bonchev–Trinajstić information content (AvgIpc) is 2.95. The molecule has 3 nitrogen and oxygen atoms in total. The lowest BCUT2D eigenvalue weighted by molar-refractivity contribution is 0.577. The van der Waals surface area contributed by atoms with E-state index in [0.29, 0.717) is 16.9 Å². The Kier molecular flexibility index (Phi) is 4.05. The Hall–Kier alpha value is 0.190. The van der Waals surface area contributed by atoms with Crippen LogP contribution in [0.5, 0.6) is 0 Å². The Labute approximate surface area is 119 Å². The Morgan fingerprint density at radius 2 is 1.82 bits per heavy atom. The van der Waals surface area contributed by atoms with E-state index >= 15 is 0 Å². The van der Waals surface area contributed by atoms with Gasteiger partial charge in [-0.3, -0.25) is 0 Å². The van der Waals surface area contributed by atoms with Gasteiger partial charge in [0.25, 0.3) is 0 Å². The zero-order valence-electron chi connectivity index (χ0n) is 8.71. The average molecular weight is 359 g/mol. The molecule has 94 valence electrons. The van der Waals surface area contributed by atoms with Crippen LogP contribution < -0.4 is 4.72 Å². The second kappa shape index (κ2) is 5.05. The second-order valence-electron chi connectivity index (χ2n) is 3.99. The van der Waals surface area contributed by atoms with E-state index in [1.165, 1.54) is 12.1 Å². The fourth-order valence-electron chi connectivity index (χ4n) is 1.41. The molecule has 0 atom stereocenters. The van der Waals surface area contributed by atoms with Crippen LogP contribution in [-0.4, -0.2) is 15.0 Å². The highest BCUT2D eigenvalue weighted by Crippen LogP contribution is 2.33. The molecule has 0 aliphatic heterocycles. The predicted octanol–water partition coefficient (Wildman–Crippen LogP) is 3.44. The van der Waals surface area contributed by atoms with Crippen LogP contribution in [0.3, 0.4) is 0 Å². The van der Waals surface area contributed by atoms with E-state index in [-0.39, 0.29) is 14.9 Å². The summed E-state index contributed by atoms with van der Waals surface area (Å²) in [7, 11) is -3.63. The topological polar surface area (TPSA) is 46.2 Å². The van der Waals surface area contributed by atoms with Crippen LogP contribution in [0.2, 0.25) is 10.0 Å². The molecular formula is C10H10BrCl2NO2S. The van der Waals surface area contributed by atoms with Gasteiger partial charge in [0, 0.05) is 11.0 Å². The predicted molar refractivity (Wildman–Crippen MR) is 72.1 cm³/mol. The van der Waals surface area contributed by atoms with E-state index in [1.54, 1.807) is 0 Å². The summed E-state index contributed by atoms with van der Waals surface area (Å²) in [6.45, 7) is 0.449. The lowest BCUT2D eigenvalue weighted by Gasteiger charge is -2.10. The normalized spacial score (nSPS) is 16.2. The molecule has 1 saturated carbocycles. The summed E-state index contributed by atoms with van der Waals surface area (Å²) in [5, 5.41) is 0.236. The molecule has 0 spiro atoms. The van der Waals surface area contributed by atoms with E-state index in [1.807, 2.05) is 0 Å². The van der Waals surface area contributed by atoms with E-state index in [4.69, 9.17) is 23.2 Å². The largest absolute Gasteiger partial charge is 0.243 e. The first-order valence-corrected chi connectivity index (χ1v) is 8.07. The number of nitrogens with one attached hydrogen (secondary N) is 1. The third kappa shape index (κ3) is 3.35. The molecule has 1 fully saturated rings. The second-order valence-corrected chi connectivity index (χ2v) is 7.43.